The van der Waals surface area contributed by atoms with Crippen LogP contribution in [0.15, 0.2) is 17.6 Å². The lowest BCUT2D eigenvalue weighted by Gasteiger charge is -2.19. The summed E-state index contributed by atoms with van der Waals surface area (Å²) in [5.74, 6) is 0.378. The average Bonchev–Trinajstić information content (AvgIpc) is 3.22. The third-order valence-corrected chi connectivity index (χ3v) is 6.08. The van der Waals surface area contributed by atoms with E-state index >= 15 is 0 Å². The Balaban J connectivity index is 1.42. The average molecular weight is 371 g/mol. The Hall–Kier alpha value is -2.19. The number of amides is 1. The molecule has 5 rings (SSSR count). The van der Waals surface area contributed by atoms with Crippen LogP contribution < -0.4 is 0 Å². The number of aryl methyl sites for hydroxylation is 2. The van der Waals surface area contributed by atoms with Gasteiger partial charge in [0.05, 0.1) is 23.6 Å². The lowest BCUT2D eigenvalue weighted by atomic mass is 10.1. The number of hydrogen-bond donors (Lipinski definition) is 1. The zero-order valence-corrected chi connectivity index (χ0v) is 15.4. The number of fused-ring (bicyclic) bond motifs is 2. The number of carbonyl (C=O) groups is 1. The Labute approximate surface area is 154 Å². The fourth-order valence-corrected chi connectivity index (χ4v) is 4.56. The maximum absolute atomic E-state index is 13.1. The van der Waals surface area contributed by atoms with Gasteiger partial charge in [-0.1, -0.05) is 0 Å². The normalized spacial score (nSPS) is 18.8. The molecule has 136 valence electrons. The third kappa shape index (κ3) is 2.64. The molecule has 7 nitrogen and oxygen atoms in total. The Morgan fingerprint density at radius 2 is 2.23 bits per heavy atom. The van der Waals surface area contributed by atoms with E-state index in [2.05, 4.69) is 10.1 Å². The summed E-state index contributed by atoms with van der Waals surface area (Å²) in [6.45, 7) is 3.94. The highest BCUT2D eigenvalue weighted by molar-refractivity contribution is 7.15. The van der Waals surface area contributed by atoms with Crippen LogP contribution in [0.25, 0.3) is 4.96 Å². The van der Waals surface area contributed by atoms with Gasteiger partial charge in [-0.3, -0.25) is 13.9 Å². The number of aliphatic hydroxyl groups is 1. The van der Waals surface area contributed by atoms with E-state index in [1.807, 2.05) is 38.5 Å². The van der Waals surface area contributed by atoms with E-state index < -0.39 is 6.10 Å². The van der Waals surface area contributed by atoms with Crippen LogP contribution in [0.2, 0.25) is 0 Å². The van der Waals surface area contributed by atoms with Crippen molar-refractivity contribution in [1.82, 2.24) is 24.1 Å². The summed E-state index contributed by atoms with van der Waals surface area (Å²) in [7, 11) is 0. The monoisotopic (exact) mass is 371 g/mol. The molecule has 1 saturated carbocycles. The number of imidazole rings is 1. The molecule has 4 heterocycles. The molecule has 1 amide bonds. The van der Waals surface area contributed by atoms with Gasteiger partial charge < -0.3 is 10.0 Å². The first-order chi connectivity index (χ1) is 12.6. The van der Waals surface area contributed by atoms with Gasteiger partial charge in [0.1, 0.15) is 11.8 Å². The van der Waals surface area contributed by atoms with Crippen molar-refractivity contribution >= 4 is 22.2 Å². The largest absolute Gasteiger partial charge is 0.386 e. The predicted molar refractivity (Wildman–Crippen MR) is 97.1 cm³/mol. The topological polar surface area (TPSA) is 75.7 Å². The van der Waals surface area contributed by atoms with Crippen molar-refractivity contribution in [3.63, 3.8) is 0 Å². The predicted octanol–water partition coefficient (Wildman–Crippen LogP) is 2.39. The van der Waals surface area contributed by atoms with Crippen molar-refractivity contribution in [2.45, 2.75) is 45.4 Å². The second-order valence-corrected chi connectivity index (χ2v) is 8.14. The fourth-order valence-electron chi connectivity index (χ4n) is 3.67. The summed E-state index contributed by atoms with van der Waals surface area (Å²) < 4.78 is 3.84. The van der Waals surface area contributed by atoms with Crippen LogP contribution in [0.1, 0.15) is 52.9 Å². The molecule has 8 heteroatoms. The SMILES string of the molecule is Cc1cn2c(C(=O)N3CCCn4nc([C@@H](O)C5CC5)cc4C3)csc2n1. The Bertz CT molecular complexity index is 983. The molecule has 0 spiro atoms. The van der Waals surface area contributed by atoms with Crippen molar-refractivity contribution < 1.29 is 9.90 Å². The van der Waals surface area contributed by atoms with Crippen LogP contribution in [0.3, 0.4) is 0 Å². The Kier molecular flexibility index (Phi) is 3.65. The number of rotatable bonds is 3. The van der Waals surface area contributed by atoms with E-state index in [4.69, 9.17) is 0 Å². The van der Waals surface area contributed by atoms with Crippen molar-refractivity contribution in [3.05, 3.63) is 40.4 Å². The highest BCUT2D eigenvalue weighted by Crippen LogP contribution is 2.40. The van der Waals surface area contributed by atoms with Crippen LogP contribution in [0.4, 0.5) is 0 Å². The molecule has 1 N–H and O–H groups in total. The number of carbonyl (C=O) groups excluding carboxylic acids is 1. The zero-order valence-electron chi connectivity index (χ0n) is 14.6. The summed E-state index contributed by atoms with van der Waals surface area (Å²) in [5, 5.41) is 16.8. The van der Waals surface area contributed by atoms with Crippen molar-refractivity contribution in [2.24, 2.45) is 5.92 Å². The van der Waals surface area contributed by atoms with Crippen LogP contribution >= 0.6 is 11.3 Å². The summed E-state index contributed by atoms with van der Waals surface area (Å²) in [5.41, 5.74) is 3.33. The van der Waals surface area contributed by atoms with E-state index in [0.717, 1.165) is 47.8 Å². The molecule has 0 radical (unpaired) electrons. The van der Waals surface area contributed by atoms with Gasteiger partial charge in [0, 0.05) is 24.7 Å². The molecule has 2 aliphatic rings. The van der Waals surface area contributed by atoms with Gasteiger partial charge in [0.2, 0.25) is 0 Å². The molecule has 1 aliphatic carbocycles. The molecule has 1 aliphatic heterocycles. The van der Waals surface area contributed by atoms with E-state index in [-0.39, 0.29) is 5.91 Å². The van der Waals surface area contributed by atoms with Gasteiger partial charge in [-0.25, -0.2) is 4.98 Å². The minimum Gasteiger partial charge on any atom is -0.386 e. The highest BCUT2D eigenvalue weighted by Gasteiger charge is 2.33. The smallest absolute Gasteiger partial charge is 0.272 e. The summed E-state index contributed by atoms with van der Waals surface area (Å²) in [6, 6.07) is 1.97. The van der Waals surface area contributed by atoms with Crippen LogP contribution in [-0.2, 0) is 13.1 Å². The summed E-state index contributed by atoms with van der Waals surface area (Å²) in [4.78, 5) is 20.3. The molecule has 26 heavy (non-hydrogen) atoms. The van der Waals surface area contributed by atoms with Crippen molar-refractivity contribution in [1.29, 1.82) is 0 Å². The van der Waals surface area contributed by atoms with Gasteiger partial charge in [0.15, 0.2) is 4.96 Å². The van der Waals surface area contributed by atoms with E-state index in [1.54, 1.807) is 0 Å². The third-order valence-electron chi connectivity index (χ3n) is 5.24. The quantitative estimate of drug-likeness (QED) is 0.767. The number of aliphatic hydroxyl groups excluding tert-OH is 1. The second-order valence-electron chi connectivity index (χ2n) is 7.30. The molecular weight excluding hydrogens is 350 g/mol. The lowest BCUT2D eigenvalue weighted by Crippen LogP contribution is -2.31. The van der Waals surface area contributed by atoms with Crippen LogP contribution in [0.5, 0.6) is 0 Å². The first kappa shape index (κ1) is 16.0. The second kappa shape index (κ2) is 5.92. The number of thiazole rings is 1. The zero-order chi connectivity index (χ0) is 17.8. The van der Waals surface area contributed by atoms with E-state index in [9.17, 15) is 9.90 Å². The first-order valence-electron chi connectivity index (χ1n) is 9.07. The first-order valence-corrected chi connectivity index (χ1v) is 9.95. The maximum atomic E-state index is 13.1. The summed E-state index contributed by atoms with van der Waals surface area (Å²) in [6.07, 6.45) is 4.45. The van der Waals surface area contributed by atoms with Crippen LogP contribution in [0, 0.1) is 12.8 Å². The molecule has 3 aromatic heterocycles. The number of hydrogen-bond acceptors (Lipinski definition) is 5. The van der Waals surface area contributed by atoms with E-state index in [1.165, 1.54) is 11.3 Å². The molecule has 0 aromatic carbocycles. The maximum Gasteiger partial charge on any atom is 0.272 e. The van der Waals surface area contributed by atoms with Gasteiger partial charge in [-0.2, -0.15) is 5.10 Å². The minimum absolute atomic E-state index is 0.0209. The molecule has 0 unspecified atom stereocenters. The number of aromatic nitrogens is 4. The highest BCUT2D eigenvalue weighted by atomic mass is 32.1. The van der Waals surface area contributed by atoms with E-state index in [0.29, 0.717) is 24.7 Å². The molecule has 1 fully saturated rings. The van der Waals surface area contributed by atoms with Crippen molar-refractivity contribution in [3.8, 4) is 0 Å². The Morgan fingerprint density at radius 1 is 1.38 bits per heavy atom. The summed E-state index contributed by atoms with van der Waals surface area (Å²) >= 11 is 1.49. The molecular formula is C18H21N5O2S. The molecule has 0 bridgehead atoms. The van der Waals surface area contributed by atoms with Gasteiger partial charge >= 0.3 is 0 Å². The van der Waals surface area contributed by atoms with Gasteiger partial charge in [0.25, 0.3) is 5.91 Å². The molecule has 3 aromatic rings. The van der Waals surface area contributed by atoms with Gasteiger partial charge in [-0.15, -0.1) is 11.3 Å². The molecule has 1 atom stereocenters. The fraction of sp³-hybridized carbons (Fsp3) is 0.500. The number of nitrogens with zero attached hydrogens (tertiary/aromatic N) is 5. The Morgan fingerprint density at radius 3 is 3.04 bits per heavy atom. The molecule has 0 saturated heterocycles. The van der Waals surface area contributed by atoms with Crippen LogP contribution in [-0.4, -0.2) is 41.6 Å². The van der Waals surface area contributed by atoms with Gasteiger partial charge in [-0.05, 0) is 38.2 Å². The standard InChI is InChI=1S/C18H21N5O2S/c1-11-8-22-15(10-26-18(22)19-11)17(25)21-5-2-6-23-13(9-21)7-14(20-23)16(24)12-3-4-12/h7-8,10,12,16,24H,2-6,9H2,1H3/t16-/m0/s1. The van der Waals surface area contributed by atoms with Crippen molar-refractivity contribution in [2.75, 3.05) is 6.54 Å². The lowest BCUT2D eigenvalue weighted by molar-refractivity contribution is 0.0739. The minimum atomic E-state index is -0.469.